The number of carboxylic acid groups (broad SMARTS) is 1. The van der Waals surface area contributed by atoms with Crippen LogP contribution in [0.15, 0.2) is 0 Å². The van der Waals surface area contributed by atoms with Crippen molar-refractivity contribution in [3.63, 3.8) is 0 Å². The molecule has 84 valence electrons. The number of carboxylic acids is 1. The van der Waals surface area contributed by atoms with E-state index in [-0.39, 0.29) is 19.0 Å². The highest BCUT2D eigenvalue weighted by Crippen LogP contribution is 1.90. The Morgan fingerprint density at radius 1 is 1.60 bits per heavy atom. The van der Waals surface area contributed by atoms with Crippen molar-refractivity contribution in [3.05, 3.63) is 0 Å². The number of nitrogens with one attached hydrogen (secondary N) is 3. The number of piperazine rings is 1. The van der Waals surface area contributed by atoms with Crippen LogP contribution in [0.25, 0.3) is 0 Å². The number of aliphatic carboxylic acids is 1. The third-order valence-corrected chi connectivity index (χ3v) is 2.06. The lowest BCUT2D eigenvalue weighted by Crippen LogP contribution is -2.59. The van der Waals surface area contributed by atoms with Gasteiger partial charge in [-0.15, -0.1) is 0 Å². The van der Waals surface area contributed by atoms with Gasteiger partial charge in [-0.3, -0.25) is 19.7 Å². The summed E-state index contributed by atoms with van der Waals surface area (Å²) >= 11 is 0. The maximum Gasteiger partial charge on any atom is 0.325 e. The van der Waals surface area contributed by atoms with E-state index < -0.39 is 24.0 Å². The minimum absolute atomic E-state index is 0.0690. The Labute approximate surface area is 86.2 Å². The fourth-order valence-corrected chi connectivity index (χ4v) is 1.13. The van der Waals surface area contributed by atoms with Gasteiger partial charge < -0.3 is 15.7 Å². The van der Waals surface area contributed by atoms with E-state index in [4.69, 9.17) is 5.11 Å². The number of rotatable bonds is 3. The molecule has 0 spiro atoms. The topological polar surface area (TPSA) is 108 Å². The Morgan fingerprint density at radius 3 is 2.73 bits per heavy atom. The second-order valence-corrected chi connectivity index (χ2v) is 3.31. The van der Waals surface area contributed by atoms with Gasteiger partial charge in [0.15, 0.2) is 0 Å². The molecule has 0 aromatic carbocycles. The lowest BCUT2D eigenvalue weighted by Gasteiger charge is -2.23. The Morgan fingerprint density at radius 2 is 2.27 bits per heavy atom. The maximum atomic E-state index is 11.4. The van der Waals surface area contributed by atoms with Crippen LogP contribution in [-0.4, -0.2) is 48.1 Å². The van der Waals surface area contributed by atoms with E-state index >= 15 is 0 Å². The quantitative estimate of drug-likeness (QED) is 0.422. The van der Waals surface area contributed by atoms with Gasteiger partial charge in [0.05, 0.1) is 6.54 Å². The first-order valence-electron chi connectivity index (χ1n) is 4.54. The minimum Gasteiger partial charge on any atom is -0.480 e. The van der Waals surface area contributed by atoms with Crippen LogP contribution >= 0.6 is 0 Å². The highest BCUT2D eigenvalue weighted by atomic mass is 16.4. The fourth-order valence-electron chi connectivity index (χ4n) is 1.13. The van der Waals surface area contributed by atoms with Gasteiger partial charge in [0.2, 0.25) is 11.8 Å². The molecule has 4 N–H and O–H groups in total. The van der Waals surface area contributed by atoms with Crippen LogP contribution in [-0.2, 0) is 14.4 Å². The van der Waals surface area contributed by atoms with Gasteiger partial charge in [0, 0.05) is 6.54 Å². The first-order chi connectivity index (χ1) is 7.00. The summed E-state index contributed by atoms with van der Waals surface area (Å²) in [6.07, 6.45) is 0. The zero-order chi connectivity index (χ0) is 11.4. The van der Waals surface area contributed by atoms with Gasteiger partial charge >= 0.3 is 5.97 Å². The van der Waals surface area contributed by atoms with Crippen LogP contribution in [0.4, 0.5) is 0 Å². The summed E-state index contributed by atoms with van der Waals surface area (Å²) in [5.41, 5.74) is 0. The first-order valence-corrected chi connectivity index (χ1v) is 4.54. The number of carbonyl (C=O) groups is 3. The zero-order valence-electron chi connectivity index (χ0n) is 8.24. The summed E-state index contributed by atoms with van der Waals surface area (Å²) < 4.78 is 0. The Kier molecular flexibility index (Phi) is 3.62. The molecule has 7 heteroatoms. The molecule has 1 aliphatic rings. The molecule has 0 aromatic heterocycles. The molecule has 1 saturated heterocycles. The predicted octanol–water partition coefficient (Wildman–Crippen LogP) is -2.34. The van der Waals surface area contributed by atoms with Gasteiger partial charge in [-0.25, -0.2) is 0 Å². The van der Waals surface area contributed by atoms with Crippen molar-refractivity contribution >= 4 is 17.8 Å². The molecule has 0 bridgehead atoms. The van der Waals surface area contributed by atoms with Crippen LogP contribution in [0.5, 0.6) is 0 Å². The van der Waals surface area contributed by atoms with Crippen LogP contribution in [0, 0.1) is 0 Å². The van der Waals surface area contributed by atoms with Gasteiger partial charge in [0.1, 0.15) is 12.1 Å². The van der Waals surface area contributed by atoms with Gasteiger partial charge in [-0.2, -0.15) is 0 Å². The molecule has 0 aliphatic carbocycles. The molecule has 1 aliphatic heterocycles. The second-order valence-electron chi connectivity index (χ2n) is 3.31. The van der Waals surface area contributed by atoms with Crippen molar-refractivity contribution in [2.24, 2.45) is 0 Å². The minimum atomic E-state index is -1.09. The van der Waals surface area contributed by atoms with E-state index in [1.54, 1.807) is 0 Å². The highest BCUT2D eigenvalue weighted by Gasteiger charge is 2.25. The van der Waals surface area contributed by atoms with E-state index in [0.717, 1.165) is 0 Å². The average Bonchev–Trinajstić information content (AvgIpc) is 2.18. The van der Waals surface area contributed by atoms with Crippen LogP contribution in [0.1, 0.15) is 6.92 Å². The molecule has 0 saturated carbocycles. The van der Waals surface area contributed by atoms with Crippen molar-refractivity contribution in [1.82, 2.24) is 16.0 Å². The predicted molar refractivity (Wildman–Crippen MR) is 50.0 cm³/mol. The zero-order valence-corrected chi connectivity index (χ0v) is 8.24. The normalized spacial score (nSPS) is 22.7. The summed E-state index contributed by atoms with van der Waals surface area (Å²) in [6, 6.07) is -1.50. The van der Waals surface area contributed by atoms with E-state index in [1.807, 2.05) is 0 Å². The molecular weight excluding hydrogens is 202 g/mol. The lowest BCUT2D eigenvalue weighted by molar-refractivity contribution is -0.141. The Balaban J connectivity index is 2.40. The smallest absolute Gasteiger partial charge is 0.325 e. The van der Waals surface area contributed by atoms with Crippen LogP contribution in [0.3, 0.4) is 0 Å². The highest BCUT2D eigenvalue weighted by molar-refractivity contribution is 5.89. The molecule has 1 unspecified atom stereocenters. The maximum absolute atomic E-state index is 11.4. The molecule has 1 fully saturated rings. The molecule has 7 nitrogen and oxygen atoms in total. The number of hydrogen-bond donors (Lipinski definition) is 4. The molecule has 1 heterocycles. The Bertz CT molecular complexity index is 282. The molecule has 2 amide bonds. The van der Waals surface area contributed by atoms with E-state index in [2.05, 4.69) is 16.0 Å². The summed E-state index contributed by atoms with van der Waals surface area (Å²) in [7, 11) is 0. The van der Waals surface area contributed by atoms with Gasteiger partial charge in [-0.1, -0.05) is 0 Å². The molecule has 15 heavy (non-hydrogen) atoms. The molecule has 0 aromatic rings. The lowest BCUT2D eigenvalue weighted by atomic mass is 10.2. The molecule has 2 atom stereocenters. The van der Waals surface area contributed by atoms with Crippen molar-refractivity contribution in [2.45, 2.75) is 19.0 Å². The number of hydrogen-bond acceptors (Lipinski definition) is 4. The standard InChI is InChI=1S/C8H13N3O4/c1-4(8(14)15)11-7(13)5-2-10-6(12)3-9-5/h4-5,9H,2-3H2,1H3,(H,10,12)(H,11,13)(H,14,15)/t4-,5?/m1/s1. The molecular formula is C8H13N3O4. The summed E-state index contributed by atoms with van der Waals surface area (Å²) in [5.74, 6) is -1.70. The second kappa shape index (κ2) is 4.74. The van der Waals surface area contributed by atoms with Gasteiger partial charge in [0.25, 0.3) is 0 Å². The van der Waals surface area contributed by atoms with E-state index in [0.29, 0.717) is 0 Å². The van der Waals surface area contributed by atoms with Gasteiger partial charge in [-0.05, 0) is 6.92 Å². The fraction of sp³-hybridized carbons (Fsp3) is 0.625. The van der Waals surface area contributed by atoms with Crippen LogP contribution in [0.2, 0.25) is 0 Å². The van der Waals surface area contributed by atoms with Crippen molar-refractivity contribution in [2.75, 3.05) is 13.1 Å². The SMILES string of the molecule is C[C@@H](NC(=O)C1CNC(=O)CN1)C(=O)O. The van der Waals surface area contributed by atoms with Crippen LogP contribution < -0.4 is 16.0 Å². The first kappa shape index (κ1) is 11.4. The summed E-state index contributed by atoms with van der Waals surface area (Å²) in [4.78, 5) is 32.7. The third kappa shape index (κ3) is 3.21. The molecule has 1 rings (SSSR count). The number of carbonyl (C=O) groups excluding carboxylic acids is 2. The third-order valence-electron chi connectivity index (χ3n) is 2.06. The average molecular weight is 215 g/mol. The summed E-state index contributed by atoms with van der Waals surface area (Å²) in [5, 5.41) is 16.1. The Hall–Kier alpha value is -1.63. The van der Waals surface area contributed by atoms with E-state index in [9.17, 15) is 14.4 Å². The summed E-state index contributed by atoms with van der Waals surface area (Å²) in [6.45, 7) is 1.62. The van der Waals surface area contributed by atoms with Crippen molar-refractivity contribution < 1.29 is 19.5 Å². The van der Waals surface area contributed by atoms with E-state index in [1.165, 1.54) is 6.92 Å². The van der Waals surface area contributed by atoms with Crippen molar-refractivity contribution in [1.29, 1.82) is 0 Å². The monoisotopic (exact) mass is 215 g/mol. The number of amides is 2. The van der Waals surface area contributed by atoms with Crippen molar-refractivity contribution in [3.8, 4) is 0 Å². The molecule has 0 radical (unpaired) electrons. The largest absolute Gasteiger partial charge is 0.480 e.